The lowest BCUT2D eigenvalue weighted by atomic mass is 9.94. The Morgan fingerprint density at radius 3 is 2.32 bits per heavy atom. The van der Waals surface area contributed by atoms with Gasteiger partial charge in [0, 0.05) is 23.2 Å². The molecule has 0 aliphatic carbocycles. The summed E-state index contributed by atoms with van der Waals surface area (Å²) in [4.78, 5) is 29.4. The standard InChI is InChI=1S/C30H20F7N5O2/c31-17-4-6-25-22(13-17)28(30(35,36)37)41-42(25)14-26(43)40-24(10-15-8-18(32)12-19(33)9-15)27-20(2-1-7-39-27)16-3-5-23(34)21(11-16)29(38)44/h1-9,11-13,24H,10,14H2,(H2,38,44)(H,40,43). The van der Waals surface area contributed by atoms with Crippen molar-refractivity contribution in [3.63, 3.8) is 0 Å². The molecule has 2 amide bonds. The topological polar surface area (TPSA) is 103 Å². The maximum Gasteiger partial charge on any atom is 0.435 e. The first-order valence-electron chi connectivity index (χ1n) is 12.8. The third-order valence-corrected chi connectivity index (χ3v) is 6.68. The van der Waals surface area contributed by atoms with E-state index >= 15 is 0 Å². The van der Waals surface area contributed by atoms with E-state index in [9.17, 15) is 40.3 Å². The molecular weight excluding hydrogens is 595 g/mol. The molecular formula is C30H20F7N5O2. The first-order valence-corrected chi connectivity index (χ1v) is 12.8. The molecule has 0 saturated heterocycles. The van der Waals surface area contributed by atoms with Crippen LogP contribution >= 0.6 is 0 Å². The molecule has 0 bridgehead atoms. The van der Waals surface area contributed by atoms with E-state index in [1.54, 1.807) is 0 Å². The quantitative estimate of drug-likeness (QED) is 0.213. The van der Waals surface area contributed by atoms with Gasteiger partial charge in [0.05, 0.1) is 22.8 Å². The Balaban J connectivity index is 1.55. The van der Waals surface area contributed by atoms with Gasteiger partial charge in [-0.15, -0.1) is 0 Å². The van der Waals surface area contributed by atoms with Gasteiger partial charge in [-0.25, -0.2) is 17.6 Å². The van der Waals surface area contributed by atoms with Gasteiger partial charge in [-0.2, -0.15) is 18.3 Å². The van der Waals surface area contributed by atoms with Gasteiger partial charge < -0.3 is 11.1 Å². The predicted octanol–water partition coefficient (Wildman–Crippen LogP) is 5.87. The van der Waals surface area contributed by atoms with Crippen molar-refractivity contribution in [3.8, 4) is 11.1 Å². The average Bonchev–Trinajstić information content (AvgIpc) is 3.30. The summed E-state index contributed by atoms with van der Waals surface area (Å²) in [6, 6.07) is 10.7. The highest BCUT2D eigenvalue weighted by Crippen LogP contribution is 2.35. The minimum absolute atomic E-state index is 0.0979. The monoisotopic (exact) mass is 615 g/mol. The number of aromatic nitrogens is 3. The Kier molecular flexibility index (Phi) is 8.09. The van der Waals surface area contributed by atoms with Gasteiger partial charge in [0.15, 0.2) is 5.69 Å². The third kappa shape index (κ3) is 6.38. The molecule has 2 aromatic heterocycles. The smallest absolute Gasteiger partial charge is 0.366 e. The van der Waals surface area contributed by atoms with E-state index in [1.807, 2.05) is 0 Å². The zero-order chi connectivity index (χ0) is 31.8. The van der Waals surface area contributed by atoms with Crippen molar-refractivity contribution >= 4 is 22.7 Å². The molecule has 3 N–H and O–H groups in total. The SMILES string of the molecule is NC(=O)c1cc(-c2cccnc2C(Cc2cc(F)cc(F)c2)NC(=O)Cn2nc(C(F)(F)F)c3cc(F)ccc32)ccc1F. The summed E-state index contributed by atoms with van der Waals surface area (Å²) in [5, 5.41) is 5.57. The summed E-state index contributed by atoms with van der Waals surface area (Å²) in [6.07, 6.45) is -3.83. The minimum atomic E-state index is -4.94. The fourth-order valence-electron chi connectivity index (χ4n) is 4.86. The van der Waals surface area contributed by atoms with Crippen LogP contribution in [0.4, 0.5) is 30.7 Å². The first kappa shape index (κ1) is 30.2. The van der Waals surface area contributed by atoms with Crippen LogP contribution in [-0.2, 0) is 23.9 Å². The van der Waals surface area contributed by atoms with Crippen LogP contribution in [0.1, 0.15) is 33.4 Å². The number of amides is 2. The van der Waals surface area contributed by atoms with Crippen LogP contribution in [-0.4, -0.2) is 26.6 Å². The van der Waals surface area contributed by atoms with Gasteiger partial charge in [-0.1, -0.05) is 12.1 Å². The zero-order valence-corrected chi connectivity index (χ0v) is 22.3. The number of rotatable bonds is 8. The first-order chi connectivity index (χ1) is 20.8. The number of hydrogen-bond donors (Lipinski definition) is 2. The van der Waals surface area contributed by atoms with Crippen molar-refractivity contribution < 1.29 is 40.3 Å². The summed E-state index contributed by atoms with van der Waals surface area (Å²) in [7, 11) is 0. The highest BCUT2D eigenvalue weighted by atomic mass is 19.4. The molecule has 5 aromatic rings. The molecule has 3 aromatic carbocycles. The van der Waals surface area contributed by atoms with Crippen LogP contribution in [0, 0.1) is 23.3 Å². The molecule has 14 heteroatoms. The van der Waals surface area contributed by atoms with E-state index in [0.717, 1.165) is 35.0 Å². The number of hydrogen-bond acceptors (Lipinski definition) is 4. The molecule has 44 heavy (non-hydrogen) atoms. The second-order valence-electron chi connectivity index (χ2n) is 9.76. The number of halogens is 7. The maximum absolute atomic E-state index is 14.2. The number of pyridine rings is 1. The van der Waals surface area contributed by atoms with Crippen LogP contribution < -0.4 is 11.1 Å². The number of carbonyl (C=O) groups is 2. The Hall–Kier alpha value is -5.27. The second-order valence-corrected chi connectivity index (χ2v) is 9.76. The van der Waals surface area contributed by atoms with Gasteiger partial charge >= 0.3 is 6.18 Å². The molecule has 2 heterocycles. The van der Waals surface area contributed by atoms with Gasteiger partial charge in [-0.05, 0) is 66.1 Å². The molecule has 0 fully saturated rings. The van der Waals surface area contributed by atoms with Crippen molar-refractivity contribution in [2.24, 2.45) is 5.73 Å². The molecule has 0 aliphatic rings. The lowest BCUT2D eigenvalue weighted by molar-refractivity contribution is -0.140. The van der Waals surface area contributed by atoms with Crippen molar-refractivity contribution in [3.05, 3.63) is 119 Å². The number of alkyl halides is 3. The third-order valence-electron chi connectivity index (χ3n) is 6.68. The highest BCUT2D eigenvalue weighted by molar-refractivity contribution is 5.94. The summed E-state index contributed by atoms with van der Waals surface area (Å²) in [5.74, 6) is -5.52. The van der Waals surface area contributed by atoms with Gasteiger partial charge in [-0.3, -0.25) is 19.3 Å². The summed E-state index contributed by atoms with van der Waals surface area (Å²) < 4.78 is 97.7. The largest absolute Gasteiger partial charge is 0.435 e. The van der Waals surface area contributed by atoms with Crippen LogP contribution in [0.2, 0.25) is 0 Å². The van der Waals surface area contributed by atoms with Crippen molar-refractivity contribution in [1.29, 1.82) is 0 Å². The molecule has 0 spiro atoms. The molecule has 0 aliphatic heterocycles. The van der Waals surface area contributed by atoms with Crippen molar-refractivity contribution in [1.82, 2.24) is 20.1 Å². The van der Waals surface area contributed by atoms with Crippen molar-refractivity contribution in [2.75, 3.05) is 0 Å². The number of nitrogens with zero attached hydrogens (tertiary/aromatic N) is 3. The van der Waals surface area contributed by atoms with E-state index < -0.39 is 70.5 Å². The molecule has 7 nitrogen and oxygen atoms in total. The van der Waals surface area contributed by atoms with E-state index in [1.165, 1.54) is 30.5 Å². The number of benzene rings is 3. The lowest BCUT2D eigenvalue weighted by Gasteiger charge is -2.22. The van der Waals surface area contributed by atoms with E-state index in [-0.39, 0.29) is 34.3 Å². The van der Waals surface area contributed by atoms with E-state index in [4.69, 9.17) is 5.73 Å². The molecule has 5 rings (SSSR count). The maximum atomic E-state index is 14.2. The summed E-state index contributed by atoms with van der Waals surface area (Å²) in [5.41, 5.74) is 4.08. The number of nitrogens with two attached hydrogens (primary N) is 1. The molecule has 1 unspecified atom stereocenters. The van der Waals surface area contributed by atoms with Gasteiger partial charge in [0.2, 0.25) is 5.91 Å². The Morgan fingerprint density at radius 2 is 1.64 bits per heavy atom. The van der Waals surface area contributed by atoms with Crippen molar-refractivity contribution in [2.45, 2.75) is 25.2 Å². The minimum Gasteiger partial charge on any atom is -0.366 e. The Bertz CT molecular complexity index is 1890. The molecule has 1 atom stereocenters. The summed E-state index contributed by atoms with van der Waals surface area (Å²) in [6.45, 7) is -0.753. The van der Waals surface area contributed by atoms with Gasteiger partial charge in [0.25, 0.3) is 5.91 Å². The van der Waals surface area contributed by atoms with E-state index in [2.05, 4.69) is 15.4 Å². The molecule has 0 radical (unpaired) electrons. The number of carbonyl (C=O) groups excluding carboxylic acids is 2. The summed E-state index contributed by atoms with van der Waals surface area (Å²) >= 11 is 0. The van der Waals surface area contributed by atoms with Crippen LogP contribution in [0.15, 0.2) is 72.9 Å². The van der Waals surface area contributed by atoms with Crippen LogP contribution in [0.3, 0.4) is 0 Å². The highest BCUT2D eigenvalue weighted by Gasteiger charge is 2.37. The molecule has 0 saturated carbocycles. The van der Waals surface area contributed by atoms with Crippen LogP contribution in [0.5, 0.6) is 0 Å². The molecule has 226 valence electrons. The van der Waals surface area contributed by atoms with E-state index in [0.29, 0.717) is 12.1 Å². The number of fused-ring (bicyclic) bond motifs is 1. The number of nitrogens with one attached hydrogen (secondary N) is 1. The Morgan fingerprint density at radius 1 is 0.909 bits per heavy atom. The van der Waals surface area contributed by atoms with Crippen LogP contribution in [0.25, 0.3) is 22.0 Å². The second kappa shape index (κ2) is 11.8. The Labute approximate surface area is 244 Å². The number of primary amides is 1. The normalized spacial score (nSPS) is 12.3. The fraction of sp³-hybridized carbons (Fsp3) is 0.133. The lowest BCUT2D eigenvalue weighted by Crippen LogP contribution is -2.34. The fourth-order valence-corrected chi connectivity index (χ4v) is 4.86. The zero-order valence-electron chi connectivity index (χ0n) is 22.3. The average molecular weight is 616 g/mol. The predicted molar refractivity (Wildman–Crippen MR) is 144 cm³/mol. The van der Waals surface area contributed by atoms with Gasteiger partial charge in [0.1, 0.15) is 29.8 Å².